The molecular formula is C12H19N. The first-order valence-corrected chi connectivity index (χ1v) is 5.40. The molecule has 72 valence electrons. The minimum Gasteiger partial charge on any atom is -0.317 e. The highest BCUT2D eigenvalue weighted by Gasteiger charge is 2.56. The third-order valence-electron chi connectivity index (χ3n) is 4.84. The molecule has 2 bridgehead atoms. The van der Waals surface area contributed by atoms with Crippen molar-refractivity contribution >= 4 is 0 Å². The van der Waals surface area contributed by atoms with Crippen LogP contribution in [-0.2, 0) is 0 Å². The number of hydrogen-bond acceptors (Lipinski definition) is 0. The van der Waals surface area contributed by atoms with Crippen LogP contribution in [0.4, 0.5) is 0 Å². The fourth-order valence-corrected chi connectivity index (χ4v) is 3.62. The number of nitrogens with zero attached hydrogens (tertiary/aromatic N) is 1. The molecule has 3 fully saturated rings. The van der Waals surface area contributed by atoms with E-state index in [4.69, 9.17) is 6.57 Å². The van der Waals surface area contributed by atoms with Crippen LogP contribution >= 0.6 is 0 Å². The molecule has 0 heterocycles. The molecule has 1 nitrogen and oxygen atoms in total. The van der Waals surface area contributed by atoms with E-state index in [9.17, 15) is 0 Å². The van der Waals surface area contributed by atoms with Crippen LogP contribution in [0.1, 0.15) is 33.6 Å². The SMILES string of the molecule is [C-]#[N+]C[C@H]1C[C@H]2C[C@@H]([C@@H]1C)C2(C)C. The lowest BCUT2D eigenvalue weighted by Crippen LogP contribution is -2.55. The van der Waals surface area contributed by atoms with Gasteiger partial charge in [0.25, 0.3) is 0 Å². The molecule has 3 rings (SSSR count). The van der Waals surface area contributed by atoms with E-state index in [2.05, 4.69) is 25.6 Å². The molecule has 0 unspecified atom stereocenters. The van der Waals surface area contributed by atoms with Crippen LogP contribution in [0, 0.1) is 35.7 Å². The summed E-state index contributed by atoms with van der Waals surface area (Å²) < 4.78 is 0. The first-order chi connectivity index (χ1) is 6.07. The second-order valence-corrected chi connectivity index (χ2v) is 5.56. The molecule has 0 amide bonds. The lowest BCUT2D eigenvalue weighted by Gasteiger charge is -2.61. The summed E-state index contributed by atoms with van der Waals surface area (Å²) in [6.45, 7) is 14.9. The van der Waals surface area contributed by atoms with Crippen molar-refractivity contribution in [1.29, 1.82) is 0 Å². The second-order valence-electron chi connectivity index (χ2n) is 5.56. The van der Waals surface area contributed by atoms with E-state index in [0.29, 0.717) is 11.3 Å². The summed E-state index contributed by atoms with van der Waals surface area (Å²) in [6.07, 6.45) is 2.75. The molecule has 0 aliphatic heterocycles. The van der Waals surface area contributed by atoms with Crippen LogP contribution in [0.5, 0.6) is 0 Å². The summed E-state index contributed by atoms with van der Waals surface area (Å²) in [4.78, 5) is 3.56. The van der Waals surface area contributed by atoms with Crippen LogP contribution < -0.4 is 0 Å². The minimum atomic E-state index is 0.581. The summed E-state index contributed by atoms with van der Waals surface area (Å²) in [5.74, 6) is 3.31. The number of fused-ring (bicyclic) bond motifs is 2. The zero-order valence-corrected chi connectivity index (χ0v) is 8.88. The summed E-state index contributed by atoms with van der Waals surface area (Å²) >= 11 is 0. The zero-order chi connectivity index (χ0) is 9.64. The third-order valence-corrected chi connectivity index (χ3v) is 4.84. The van der Waals surface area contributed by atoms with E-state index in [1.54, 1.807) is 0 Å². The standard InChI is InChI=1S/C12H19N/c1-8-9(7-13-4)5-10-6-11(8)12(10,2)3/h8-11H,5-7H2,1-3H3/t8-,9-,10+,11+/m1/s1. The highest BCUT2D eigenvalue weighted by molar-refractivity contribution is 5.05. The second kappa shape index (κ2) is 2.74. The van der Waals surface area contributed by atoms with Crippen molar-refractivity contribution in [2.45, 2.75) is 33.6 Å². The Morgan fingerprint density at radius 2 is 2.08 bits per heavy atom. The Morgan fingerprint density at radius 3 is 2.54 bits per heavy atom. The maximum atomic E-state index is 6.93. The molecule has 0 aromatic rings. The van der Waals surface area contributed by atoms with E-state index in [0.717, 1.165) is 24.3 Å². The van der Waals surface area contributed by atoms with Crippen LogP contribution in [0.3, 0.4) is 0 Å². The van der Waals surface area contributed by atoms with E-state index in [-0.39, 0.29) is 0 Å². The van der Waals surface area contributed by atoms with E-state index in [1.807, 2.05) is 0 Å². The van der Waals surface area contributed by atoms with Crippen LogP contribution in [0.15, 0.2) is 0 Å². The Kier molecular flexibility index (Phi) is 1.91. The van der Waals surface area contributed by atoms with Gasteiger partial charge < -0.3 is 4.85 Å². The van der Waals surface area contributed by atoms with Crippen molar-refractivity contribution in [2.24, 2.45) is 29.1 Å². The van der Waals surface area contributed by atoms with Crippen molar-refractivity contribution in [3.63, 3.8) is 0 Å². The minimum absolute atomic E-state index is 0.581. The van der Waals surface area contributed by atoms with Gasteiger partial charge in [-0.1, -0.05) is 20.8 Å². The van der Waals surface area contributed by atoms with Crippen LogP contribution in [0.2, 0.25) is 0 Å². The van der Waals surface area contributed by atoms with Gasteiger partial charge in [0.15, 0.2) is 0 Å². The summed E-state index contributed by atoms with van der Waals surface area (Å²) in [5.41, 5.74) is 0.581. The first-order valence-electron chi connectivity index (χ1n) is 5.40. The van der Waals surface area contributed by atoms with E-state index in [1.165, 1.54) is 12.8 Å². The quantitative estimate of drug-likeness (QED) is 0.542. The molecule has 3 aliphatic carbocycles. The van der Waals surface area contributed by atoms with Crippen molar-refractivity contribution in [1.82, 2.24) is 0 Å². The van der Waals surface area contributed by atoms with Gasteiger partial charge in [0, 0.05) is 5.92 Å². The van der Waals surface area contributed by atoms with Gasteiger partial charge in [0.2, 0.25) is 6.54 Å². The summed E-state index contributed by atoms with van der Waals surface area (Å²) in [5, 5.41) is 0. The molecule has 1 heteroatoms. The molecule has 0 saturated heterocycles. The predicted octanol–water partition coefficient (Wildman–Crippen LogP) is 3.22. The van der Waals surface area contributed by atoms with Gasteiger partial charge in [-0.05, 0) is 36.0 Å². The van der Waals surface area contributed by atoms with Crippen molar-refractivity contribution < 1.29 is 0 Å². The van der Waals surface area contributed by atoms with Gasteiger partial charge >= 0.3 is 0 Å². The molecule has 3 aliphatic rings. The molecular weight excluding hydrogens is 158 g/mol. The van der Waals surface area contributed by atoms with Crippen molar-refractivity contribution in [2.75, 3.05) is 6.54 Å². The molecule has 0 aromatic carbocycles. The topological polar surface area (TPSA) is 4.36 Å². The lowest BCUT2D eigenvalue weighted by molar-refractivity contribution is -0.124. The van der Waals surface area contributed by atoms with Gasteiger partial charge in [-0.2, -0.15) is 0 Å². The molecule has 0 N–H and O–H groups in total. The average Bonchev–Trinajstić information content (AvgIpc) is 2.08. The Hall–Kier alpha value is -0.510. The highest BCUT2D eigenvalue weighted by atomic mass is 14.7. The Bertz CT molecular complexity index is 248. The molecule has 0 aromatic heterocycles. The van der Waals surface area contributed by atoms with Gasteiger partial charge in [-0.25, -0.2) is 6.57 Å². The lowest BCUT2D eigenvalue weighted by atomic mass is 9.43. The average molecular weight is 177 g/mol. The maximum Gasteiger partial charge on any atom is 0.217 e. The zero-order valence-electron chi connectivity index (χ0n) is 8.88. The first kappa shape index (κ1) is 9.06. The molecule has 0 radical (unpaired) electrons. The Labute approximate surface area is 81.3 Å². The van der Waals surface area contributed by atoms with Gasteiger partial charge in [-0.15, -0.1) is 0 Å². The van der Waals surface area contributed by atoms with Crippen LogP contribution in [0.25, 0.3) is 4.85 Å². The van der Waals surface area contributed by atoms with Gasteiger partial charge in [-0.3, -0.25) is 0 Å². The third kappa shape index (κ3) is 1.11. The van der Waals surface area contributed by atoms with E-state index < -0.39 is 0 Å². The molecule has 0 spiro atoms. The fourth-order valence-electron chi connectivity index (χ4n) is 3.62. The Morgan fingerprint density at radius 1 is 1.38 bits per heavy atom. The van der Waals surface area contributed by atoms with Gasteiger partial charge in [0.05, 0.1) is 0 Å². The largest absolute Gasteiger partial charge is 0.317 e. The maximum absolute atomic E-state index is 6.93. The monoisotopic (exact) mass is 177 g/mol. The normalized spacial score (nSPS) is 46.3. The fraction of sp³-hybridized carbons (Fsp3) is 0.917. The highest BCUT2D eigenvalue weighted by Crippen LogP contribution is 2.62. The summed E-state index contributed by atoms with van der Waals surface area (Å²) in [6, 6.07) is 0. The van der Waals surface area contributed by atoms with Crippen molar-refractivity contribution in [3.05, 3.63) is 11.4 Å². The van der Waals surface area contributed by atoms with Crippen molar-refractivity contribution in [3.8, 4) is 0 Å². The smallest absolute Gasteiger partial charge is 0.217 e. The van der Waals surface area contributed by atoms with Gasteiger partial charge in [0.1, 0.15) is 0 Å². The van der Waals surface area contributed by atoms with Crippen LogP contribution in [-0.4, -0.2) is 6.54 Å². The number of rotatable bonds is 1. The molecule has 4 atom stereocenters. The Balaban J connectivity index is 2.08. The summed E-state index contributed by atoms with van der Waals surface area (Å²) in [7, 11) is 0. The molecule has 13 heavy (non-hydrogen) atoms. The number of hydrogen-bond donors (Lipinski definition) is 0. The molecule has 3 saturated carbocycles. The predicted molar refractivity (Wildman–Crippen MR) is 54.1 cm³/mol. The van der Waals surface area contributed by atoms with E-state index >= 15 is 0 Å².